The largest absolute Gasteiger partial charge is 0.461 e. The highest BCUT2D eigenvalue weighted by Gasteiger charge is 2.20. The number of rotatable bonds is 6. The van der Waals surface area contributed by atoms with Gasteiger partial charge in [0, 0.05) is 5.69 Å². The number of para-hydroxylation sites is 3. The predicted molar refractivity (Wildman–Crippen MR) is 141 cm³/mol. The number of nitrogens with zero attached hydrogens (tertiary/aromatic N) is 5. The molecule has 0 amide bonds. The molecule has 3 aromatic heterocycles. The Bertz CT molecular complexity index is 1730. The van der Waals surface area contributed by atoms with Crippen LogP contribution in [0.1, 0.15) is 5.82 Å². The maximum absolute atomic E-state index is 13.6. The number of hydrogen-bond acceptors (Lipinski definition) is 6. The van der Waals surface area contributed by atoms with Crippen molar-refractivity contribution in [2.24, 2.45) is 0 Å². The summed E-state index contributed by atoms with van der Waals surface area (Å²) in [5, 5.41) is 10.5. The van der Waals surface area contributed by atoms with Crippen LogP contribution in [0.4, 0.5) is 0 Å². The maximum atomic E-state index is 13.6. The van der Waals surface area contributed by atoms with E-state index in [0.717, 1.165) is 5.69 Å². The van der Waals surface area contributed by atoms with Crippen molar-refractivity contribution in [3.05, 3.63) is 118 Å². The molecular formula is C27H18ClN5O2S. The summed E-state index contributed by atoms with van der Waals surface area (Å²) in [6, 6.07) is 28.0. The van der Waals surface area contributed by atoms with Crippen LogP contribution >= 0.6 is 23.4 Å². The van der Waals surface area contributed by atoms with E-state index in [-0.39, 0.29) is 5.56 Å². The van der Waals surface area contributed by atoms with Gasteiger partial charge in [-0.2, -0.15) is 0 Å². The summed E-state index contributed by atoms with van der Waals surface area (Å²) < 4.78 is 9.12. The Morgan fingerprint density at radius 2 is 1.61 bits per heavy atom. The fourth-order valence-electron chi connectivity index (χ4n) is 4.02. The quantitative estimate of drug-likeness (QED) is 0.249. The van der Waals surface area contributed by atoms with Crippen LogP contribution in [0.25, 0.3) is 33.9 Å². The molecule has 0 atom stereocenters. The lowest BCUT2D eigenvalue weighted by Crippen LogP contribution is -2.24. The van der Waals surface area contributed by atoms with Crippen molar-refractivity contribution in [2.45, 2.75) is 10.9 Å². The predicted octanol–water partition coefficient (Wildman–Crippen LogP) is 6.17. The summed E-state index contributed by atoms with van der Waals surface area (Å²) in [5.41, 5.74) is 1.93. The van der Waals surface area contributed by atoms with Crippen LogP contribution < -0.4 is 5.56 Å². The molecule has 0 bridgehead atoms. The third-order valence-corrected chi connectivity index (χ3v) is 6.90. The SMILES string of the molecule is O=c1c2ccccc2nc(CSc2nnc(-c3ccco3)n2-c2ccccc2)n1-c1ccccc1Cl. The molecule has 6 aromatic rings. The van der Waals surface area contributed by atoms with Crippen LogP contribution in [0.15, 0.2) is 112 Å². The minimum absolute atomic E-state index is 0.176. The lowest BCUT2D eigenvalue weighted by molar-refractivity contribution is 0.575. The van der Waals surface area contributed by atoms with Gasteiger partial charge in [0.1, 0.15) is 5.82 Å². The number of thioether (sulfide) groups is 1. The van der Waals surface area contributed by atoms with E-state index in [1.807, 2.05) is 83.4 Å². The van der Waals surface area contributed by atoms with Gasteiger partial charge in [-0.25, -0.2) is 4.98 Å². The van der Waals surface area contributed by atoms with Gasteiger partial charge in [0.15, 0.2) is 10.9 Å². The van der Waals surface area contributed by atoms with Crippen molar-refractivity contribution in [1.82, 2.24) is 24.3 Å². The molecule has 9 heteroatoms. The zero-order chi connectivity index (χ0) is 24.5. The highest BCUT2D eigenvalue weighted by molar-refractivity contribution is 7.98. The van der Waals surface area contributed by atoms with Crippen molar-refractivity contribution >= 4 is 34.3 Å². The topological polar surface area (TPSA) is 78.7 Å². The molecule has 0 N–H and O–H groups in total. The average Bonchev–Trinajstić information content (AvgIpc) is 3.59. The second-order valence-corrected chi connectivity index (χ2v) is 9.23. The molecule has 0 unspecified atom stereocenters. The van der Waals surface area contributed by atoms with Gasteiger partial charge in [0.2, 0.25) is 5.82 Å². The number of benzene rings is 3. The van der Waals surface area contributed by atoms with E-state index in [1.54, 1.807) is 23.0 Å². The molecule has 3 heterocycles. The summed E-state index contributed by atoms with van der Waals surface area (Å²) in [7, 11) is 0. The van der Waals surface area contributed by atoms with Crippen LogP contribution in [-0.2, 0) is 5.75 Å². The fourth-order valence-corrected chi connectivity index (χ4v) is 5.12. The Kier molecular flexibility index (Phi) is 5.88. The lowest BCUT2D eigenvalue weighted by Gasteiger charge is -2.15. The maximum Gasteiger partial charge on any atom is 0.266 e. The Hall–Kier alpha value is -4.14. The lowest BCUT2D eigenvalue weighted by atomic mass is 10.2. The third-order valence-electron chi connectivity index (χ3n) is 5.66. The van der Waals surface area contributed by atoms with E-state index < -0.39 is 0 Å². The molecule has 0 aliphatic rings. The van der Waals surface area contributed by atoms with Gasteiger partial charge < -0.3 is 4.42 Å². The van der Waals surface area contributed by atoms with Crippen LogP contribution in [-0.4, -0.2) is 24.3 Å². The molecule has 0 spiro atoms. The highest BCUT2D eigenvalue weighted by atomic mass is 35.5. The molecule has 6 rings (SSSR count). The van der Waals surface area contributed by atoms with Crippen molar-refractivity contribution in [3.8, 4) is 23.0 Å². The summed E-state index contributed by atoms with van der Waals surface area (Å²) >= 11 is 7.93. The third kappa shape index (κ3) is 4.00. The normalized spacial score (nSPS) is 11.2. The molecule has 0 saturated heterocycles. The van der Waals surface area contributed by atoms with Gasteiger partial charge in [-0.1, -0.05) is 65.8 Å². The van der Waals surface area contributed by atoms with Crippen molar-refractivity contribution < 1.29 is 4.42 Å². The molecule has 36 heavy (non-hydrogen) atoms. The first-order valence-corrected chi connectivity index (χ1v) is 12.5. The van der Waals surface area contributed by atoms with Crippen LogP contribution in [0.2, 0.25) is 5.02 Å². The number of halogens is 1. The first-order valence-electron chi connectivity index (χ1n) is 11.1. The van der Waals surface area contributed by atoms with Gasteiger partial charge >= 0.3 is 0 Å². The van der Waals surface area contributed by atoms with Gasteiger partial charge in [0.25, 0.3) is 5.56 Å². The molecule has 0 radical (unpaired) electrons. The average molecular weight is 512 g/mol. The summed E-state index contributed by atoms with van der Waals surface area (Å²) in [6.45, 7) is 0. The smallest absolute Gasteiger partial charge is 0.266 e. The van der Waals surface area contributed by atoms with Crippen LogP contribution in [0.3, 0.4) is 0 Å². The van der Waals surface area contributed by atoms with E-state index in [9.17, 15) is 4.79 Å². The number of hydrogen-bond donors (Lipinski definition) is 0. The minimum Gasteiger partial charge on any atom is -0.461 e. The van der Waals surface area contributed by atoms with Gasteiger partial charge in [-0.05, 0) is 48.5 Å². The van der Waals surface area contributed by atoms with Gasteiger partial charge in [0.05, 0.1) is 33.6 Å². The Morgan fingerprint density at radius 1 is 0.833 bits per heavy atom. The van der Waals surface area contributed by atoms with Crippen LogP contribution in [0, 0.1) is 0 Å². The van der Waals surface area contributed by atoms with Gasteiger partial charge in [-0.15, -0.1) is 10.2 Å². The zero-order valence-corrected chi connectivity index (χ0v) is 20.4. The first-order chi connectivity index (χ1) is 17.7. The molecule has 3 aromatic carbocycles. The monoisotopic (exact) mass is 511 g/mol. The molecule has 0 fully saturated rings. The van der Waals surface area contributed by atoms with Gasteiger partial charge in [-0.3, -0.25) is 13.9 Å². The van der Waals surface area contributed by atoms with Crippen LogP contribution in [0.5, 0.6) is 0 Å². The van der Waals surface area contributed by atoms with E-state index in [4.69, 9.17) is 21.0 Å². The Labute approximate surface area is 215 Å². The molecule has 176 valence electrons. The number of furan rings is 1. The van der Waals surface area contributed by atoms with Crippen molar-refractivity contribution in [1.29, 1.82) is 0 Å². The molecule has 0 aliphatic heterocycles. The van der Waals surface area contributed by atoms with E-state index in [2.05, 4.69) is 10.2 Å². The molecule has 7 nitrogen and oxygen atoms in total. The molecule has 0 aliphatic carbocycles. The van der Waals surface area contributed by atoms with E-state index in [1.165, 1.54) is 11.8 Å². The van der Waals surface area contributed by atoms with Crippen molar-refractivity contribution in [2.75, 3.05) is 0 Å². The Morgan fingerprint density at radius 3 is 2.42 bits per heavy atom. The molecule has 0 saturated carbocycles. The zero-order valence-electron chi connectivity index (χ0n) is 18.8. The summed E-state index contributed by atoms with van der Waals surface area (Å²) in [5.74, 6) is 2.10. The highest BCUT2D eigenvalue weighted by Crippen LogP contribution is 2.30. The van der Waals surface area contributed by atoms with E-state index in [0.29, 0.717) is 49.9 Å². The second-order valence-electron chi connectivity index (χ2n) is 7.88. The minimum atomic E-state index is -0.176. The summed E-state index contributed by atoms with van der Waals surface area (Å²) in [4.78, 5) is 18.4. The molecular weight excluding hydrogens is 494 g/mol. The fraction of sp³-hybridized carbons (Fsp3) is 0.0370. The standard InChI is InChI=1S/C27H18ClN5O2S/c28-20-12-5-7-14-22(20)33-24(29-21-13-6-4-11-19(21)26(33)34)17-36-27-31-30-25(23-15-8-16-35-23)32(27)18-9-2-1-3-10-18/h1-16H,17H2. The Balaban J connectivity index is 1.47. The second kappa shape index (κ2) is 9.49. The van der Waals surface area contributed by atoms with Crippen molar-refractivity contribution in [3.63, 3.8) is 0 Å². The first kappa shape index (κ1) is 22.3. The van der Waals surface area contributed by atoms with E-state index >= 15 is 0 Å². The number of aromatic nitrogens is 5. The summed E-state index contributed by atoms with van der Waals surface area (Å²) in [6.07, 6.45) is 1.60. The number of fused-ring (bicyclic) bond motifs is 1.